The Balaban J connectivity index is 1.99. The predicted molar refractivity (Wildman–Crippen MR) is 103 cm³/mol. The minimum Gasteiger partial charge on any atom is -0.357 e. The number of pyridine rings is 1. The zero-order chi connectivity index (χ0) is 17.2. The SMILES string of the molecule is CCNC(=NCc1ccnc(N2CCCCCC2)c1)NCC(C)C. The molecule has 5 nitrogen and oxygen atoms in total. The molecule has 5 heteroatoms. The third-order valence-electron chi connectivity index (χ3n) is 4.18. The molecule has 1 saturated heterocycles. The molecule has 1 aliphatic heterocycles. The van der Waals surface area contributed by atoms with E-state index < -0.39 is 0 Å². The summed E-state index contributed by atoms with van der Waals surface area (Å²) in [4.78, 5) is 11.7. The van der Waals surface area contributed by atoms with Gasteiger partial charge >= 0.3 is 0 Å². The summed E-state index contributed by atoms with van der Waals surface area (Å²) in [6.07, 6.45) is 7.14. The molecule has 0 amide bonds. The van der Waals surface area contributed by atoms with Crippen LogP contribution in [0.25, 0.3) is 0 Å². The number of hydrogen-bond donors (Lipinski definition) is 2. The highest BCUT2D eigenvalue weighted by Gasteiger charge is 2.11. The van der Waals surface area contributed by atoms with Gasteiger partial charge in [-0.3, -0.25) is 0 Å². The average Bonchev–Trinajstić information content (AvgIpc) is 2.87. The molecule has 1 aromatic rings. The van der Waals surface area contributed by atoms with E-state index in [0.29, 0.717) is 12.5 Å². The summed E-state index contributed by atoms with van der Waals surface area (Å²) >= 11 is 0. The van der Waals surface area contributed by atoms with E-state index >= 15 is 0 Å². The normalized spacial score (nSPS) is 16.2. The molecule has 1 aliphatic rings. The first-order chi connectivity index (χ1) is 11.7. The van der Waals surface area contributed by atoms with Crippen LogP contribution in [0.4, 0.5) is 5.82 Å². The van der Waals surface area contributed by atoms with Gasteiger partial charge < -0.3 is 15.5 Å². The summed E-state index contributed by atoms with van der Waals surface area (Å²) < 4.78 is 0. The van der Waals surface area contributed by atoms with Crippen LogP contribution in [0.2, 0.25) is 0 Å². The molecule has 0 bridgehead atoms. The summed E-state index contributed by atoms with van der Waals surface area (Å²) in [6, 6.07) is 4.26. The number of nitrogens with one attached hydrogen (secondary N) is 2. The summed E-state index contributed by atoms with van der Waals surface area (Å²) in [5, 5.41) is 6.70. The molecule has 2 heterocycles. The van der Waals surface area contributed by atoms with Gasteiger partial charge in [0.15, 0.2) is 5.96 Å². The van der Waals surface area contributed by atoms with Crippen LogP contribution in [0.5, 0.6) is 0 Å². The van der Waals surface area contributed by atoms with E-state index in [9.17, 15) is 0 Å². The lowest BCUT2D eigenvalue weighted by Gasteiger charge is -2.21. The van der Waals surface area contributed by atoms with Gasteiger partial charge in [0.2, 0.25) is 0 Å². The van der Waals surface area contributed by atoms with Crippen molar-refractivity contribution in [2.75, 3.05) is 31.1 Å². The fourth-order valence-electron chi connectivity index (χ4n) is 2.84. The molecule has 1 aromatic heterocycles. The van der Waals surface area contributed by atoms with E-state index in [0.717, 1.165) is 38.0 Å². The zero-order valence-corrected chi connectivity index (χ0v) is 15.5. The number of anilines is 1. The van der Waals surface area contributed by atoms with E-state index in [-0.39, 0.29) is 0 Å². The first-order valence-electron chi connectivity index (χ1n) is 9.41. The van der Waals surface area contributed by atoms with Crippen molar-refractivity contribution in [3.8, 4) is 0 Å². The smallest absolute Gasteiger partial charge is 0.191 e. The van der Waals surface area contributed by atoms with Gasteiger partial charge in [-0.05, 0) is 43.4 Å². The van der Waals surface area contributed by atoms with Gasteiger partial charge in [0.05, 0.1) is 6.54 Å². The fourth-order valence-corrected chi connectivity index (χ4v) is 2.84. The maximum atomic E-state index is 4.71. The molecule has 0 radical (unpaired) electrons. The number of aromatic nitrogens is 1. The maximum absolute atomic E-state index is 4.71. The Kier molecular flexibility index (Phi) is 7.86. The molecule has 0 unspecified atom stereocenters. The largest absolute Gasteiger partial charge is 0.357 e. The first kappa shape index (κ1) is 18.6. The molecule has 0 saturated carbocycles. The molecule has 0 aliphatic carbocycles. The van der Waals surface area contributed by atoms with Crippen molar-refractivity contribution in [3.63, 3.8) is 0 Å². The van der Waals surface area contributed by atoms with Crippen LogP contribution in [0, 0.1) is 5.92 Å². The molecule has 0 aromatic carbocycles. The molecule has 2 rings (SSSR count). The van der Waals surface area contributed by atoms with Gasteiger partial charge in [0.1, 0.15) is 5.82 Å². The number of aliphatic imine (C=N–C) groups is 1. The van der Waals surface area contributed by atoms with Crippen LogP contribution < -0.4 is 15.5 Å². The lowest BCUT2D eigenvalue weighted by Crippen LogP contribution is -2.39. The first-order valence-corrected chi connectivity index (χ1v) is 9.41. The van der Waals surface area contributed by atoms with Gasteiger partial charge in [-0.15, -0.1) is 0 Å². The minimum absolute atomic E-state index is 0.601. The van der Waals surface area contributed by atoms with Crippen molar-refractivity contribution in [1.29, 1.82) is 0 Å². The van der Waals surface area contributed by atoms with Crippen LogP contribution in [0.15, 0.2) is 23.3 Å². The van der Waals surface area contributed by atoms with Crippen molar-refractivity contribution in [3.05, 3.63) is 23.9 Å². The lowest BCUT2D eigenvalue weighted by atomic mass is 10.2. The van der Waals surface area contributed by atoms with Gasteiger partial charge in [-0.25, -0.2) is 9.98 Å². The van der Waals surface area contributed by atoms with Crippen molar-refractivity contribution in [2.24, 2.45) is 10.9 Å². The fraction of sp³-hybridized carbons (Fsp3) is 0.684. The predicted octanol–water partition coefficient (Wildman–Crippen LogP) is 3.17. The van der Waals surface area contributed by atoms with Crippen molar-refractivity contribution in [1.82, 2.24) is 15.6 Å². The highest BCUT2D eigenvalue weighted by atomic mass is 15.2. The van der Waals surface area contributed by atoms with Crippen molar-refractivity contribution >= 4 is 11.8 Å². The minimum atomic E-state index is 0.601. The topological polar surface area (TPSA) is 52.6 Å². The molecule has 134 valence electrons. The van der Waals surface area contributed by atoms with Gasteiger partial charge in [0, 0.05) is 32.4 Å². The van der Waals surface area contributed by atoms with Crippen molar-refractivity contribution in [2.45, 2.75) is 53.0 Å². The summed E-state index contributed by atoms with van der Waals surface area (Å²) in [6.45, 7) is 11.2. The average molecular weight is 332 g/mol. The van der Waals surface area contributed by atoms with Gasteiger partial charge in [0.25, 0.3) is 0 Å². The van der Waals surface area contributed by atoms with E-state index in [2.05, 4.69) is 53.4 Å². The van der Waals surface area contributed by atoms with Crippen LogP contribution in [-0.4, -0.2) is 37.1 Å². The third-order valence-corrected chi connectivity index (χ3v) is 4.18. The molecular formula is C19H33N5. The highest BCUT2D eigenvalue weighted by molar-refractivity contribution is 5.79. The van der Waals surface area contributed by atoms with Gasteiger partial charge in [-0.1, -0.05) is 26.7 Å². The third kappa shape index (κ3) is 6.38. The number of hydrogen-bond acceptors (Lipinski definition) is 3. The van der Waals surface area contributed by atoms with Crippen molar-refractivity contribution < 1.29 is 0 Å². The Morgan fingerprint density at radius 1 is 1.21 bits per heavy atom. The van der Waals surface area contributed by atoms with E-state index in [4.69, 9.17) is 4.99 Å². The molecule has 0 spiro atoms. The van der Waals surface area contributed by atoms with E-state index in [1.54, 1.807) is 0 Å². The number of nitrogens with zero attached hydrogens (tertiary/aromatic N) is 3. The maximum Gasteiger partial charge on any atom is 0.191 e. The molecular weight excluding hydrogens is 298 g/mol. The van der Waals surface area contributed by atoms with Crippen LogP contribution >= 0.6 is 0 Å². The Labute approximate surface area is 147 Å². The van der Waals surface area contributed by atoms with Crippen LogP contribution in [-0.2, 0) is 6.54 Å². The number of rotatable bonds is 6. The monoisotopic (exact) mass is 331 g/mol. The zero-order valence-electron chi connectivity index (χ0n) is 15.5. The summed E-state index contributed by atoms with van der Waals surface area (Å²) in [5.41, 5.74) is 1.21. The molecule has 1 fully saturated rings. The highest BCUT2D eigenvalue weighted by Crippen LogP contribution is 2.18. The Bertz CT molecular complexity index is 504. The quantitative estimate of drug-likeness (QED) is 0.621. The second kappa shape index (κ2) is 10.2. The van der Waals surface area contributed by atoms with E-state index in [1.165, 1.54) is 31.2 Å². The van der Waals surface area contributed by atoms with Gasteiger partial charge in [-0.2, -0.15) is 0 Å². The van der Waals surface area contributed by atoms with E-state index in [1.807, 2.05) is 6.20 Å². The Morgan fingerprint density at radius 2 is 1.96 bits per heavy atom. The molecule has 2 N–H and O–H groups in total. The standard InChI is InChI=1S/C19H33N5/c1-4-20-19(22-14-16(2)3)23-15-17-9-10-21-18(13-17)24-11-7-5-6-8-12-24/h9-10,13,16H,4-8,11-12,14-15H2,1-3H3,(H2,20,22,23). The molecule has 24 heavy (non-hydrogen) atoms. The summed E-state index contributed by atoms with van der Waals surface area (Å²) in [5.74, 6) is 2.59. The second-order valence-corrected chi connectivity index (χ2v) is 6.89. The number of guanidine groups is 1. The second-order valence-electron chi connectivity index (χ2n) is 6.89. The lowest BCUT2D eigenvalue weighted by molar-refractivity contribution is 0.615. The van der Waals surface area contributed by atoms with Crippen LogP contribution in [0.1, 0.15) is 52.0 Å². The Morgan fingerprint density at radius 3 is 2.62 bits per heavy atom. The van der Waals surface area contributed by atoms with Crippen LogP contribution in [0.3, 0.4) is 0 Å². The Hall–Kier alpha value is -1.78. The summed E-state index contributed by atoms with van der Waals surface area (Å²) in [7, 11) is 0. The molecule has 0 atom stereocenters.